The molecule has 0 spiro atoms. The minimum atomic E-state index is -1.79. The second kappa shape index (κ2) is 10.3. The molecular weight excluding hydrogens is 268 g/mol. The molecule has 0 aliphatic heterocycles. The molecule has 0 saturated carbocycles. The summed E-state index contributed by atoms with van der Waals surface area (Å²) in [5.74, 6) is -2.62. The summed E-state index contributed by atoms with van der Waals surface area (Å²) in [5.41, 5.74) is 0. The summed E-state index contributed by atoms with van der Waals surface area (Å²) < 4.78 is 0. The van der Waals surface area contributed by atoms with Crippen molar-refractivity contribution in [2.24, 2.45) is 0 Å². The smallest absolute Gasteiger partial charge is 0.314 e. The van der Waals surface area contributed by atoms with E-state index >= 15 is 0 Å². The number of carboxylic acids is 2. The van der Waals surface area contributed by atoms with E-state index in [2.05, 4.69) is 0 Å². The molecule has 0 aliphatic rings. The zero-order valence-electron chi connectivity index (χ0n) is 9.66. The first-order valence-corrected chi connectivity index (χ1v) is 4.89. The predicted molar refractivity (Wildman–Crippen MR) is 57.1 cm³/mol. The minimum Gasteiger partial charge on any atom is -0.481 e. The van der Waals surface area contributed by atoms with Crippen molar-refractivity contribution >= 4 is 18.2 Å². The summed E-state index contributed by atoms with van der Waals surface area (Å²) in [4.78, 5) is 28.8. The Balaban J connectivity index is 0. The number of carbonyl (C=O) groups excluding carboxylic acids is 1. The van der Waals surface area contributed by atoms with Crippen LogP contribution in [0.15, 0.2) is 0 Å². The molecule has 0 aromatic heterocycles. The first-order chi connectivity index (χ1) is 8.67. The fraction of sp³-hybridized carbons (Fsp3) is 0.667. The number of hydrogen-bond donors (Lipinski definition) is 7. The highest BCUT2D eigenvalue weighted by atomic mass is 16.4. The van der Waals surface area contributed by atoms with Gasteiger partial charge in [0.2, 0.25) is 0 Å². The quantitative estimate of drug-likeness (QED) is 0.180. The van der Waals surface area contributed by atoms with Gasteiger partial charge in [0.05, 0.1) is 6.61 Å². The van der Waals surface area contributed by atoms with Crippen LogP contribution in [0.25, 0.3) is 0 Å². The van der Waals surface area contributed by atoms with Crippen LogP contribution in [0.5, 0.6) is 0 Å². The summed E-state index contributed by atoms with van der Waals surface area (Å²) >= 11 is 0. The Bertz CT molecular complexity index is 279. The second-order valence-electron chi connectivity index (χ2n) is 3.32. The molecule has 0 aromatic carbocycles. The molecule has 4 unspecified atom stereocenters. The van der Waals surface area contributed by atoms with Crippen molar-refractivity contribution in [1.29, 1.82) is 0 Å². The van der Waals surface area contributed by atoms with Gasteiger partial charge in [0.1, 0.15) is 30.8 Å². The molecule has 19 heavy (non-hydrogen) atoms. The molecule has 0 heterocycles. The third-order valence-corrected chi connectivity index (χ3v) is 1.72. The maximum absolute atomic E-state index is 9.90. The summed E-state index contributed by atoms with van der Waals surface area (Å²) in [6, 6.07) is 0. The predicted octanol–water partition coefficient (Wildman–Crippen LogP) is -3.83. The van der Waals surface area contributed by atoms with Gasteiger partial charge in [-0.2, -0.15) is 0 Å². The van der Waals surface area contributed by atoms with Crippen molar-refractivity contribution in [3.63, 3.8) is 0 Å². The molecule has 4 atom stereocenters. The number of hydrogen-bond acceptors (Lipinski definition) is 8. The number of rotatable bonds is 7. The monoisotopic (exact) mass is 284 g/mol. The number of aliphatic carboxylic acids is 2. The normalized spacial score (nSPS) is 16.3. The molecule has 0 rings (SSSR count). The first kappa shape index (κ1) is 19.7. The van der Waals surface area contributed by atoms with Gasteiger partial charge >= 0.3 is 11.9 Å². The maximum atomic E-state index is 9.90. The van der Waals surface area contributed by atoms with Crippen LogP contribution in [0.1, 0.15) is 6.42 Å². The van der Waals surface area contributed by atoms with Gasteiger partial charge in [-0.1, -0.05) is 0 Å². The largest absolute Gasteiger partial charge is 0.481 e. The van der Waals surface area contributed by atoms with Gasteiger partial charge in [-0.3, -0.25) is 9.59 Å². The van der Waals surface area contributed by atoms with Crippen LogP contribution in [0, 0.1) is 0 Å². The highest BCUT2D eigenvalue weighted by molar-refractivity contribution is 5.88. The van der Waals surface area contributed by atoms with Gasteiger partial charge in [0.15, 0.2) is 6.29 Å². The lowest BCUT2D eigenvalue weighted by molar-refractivity contribution is -0.147. The van der Waals surface area contributed by atoms with E-state index < -0.39 is 49.4 Å². The van der Waals surface area contributed by atoms with Crippen LogP contribution in [0.2, 0.25) is 0 Å². The Morgan fingerprint density at radius 2 is 1.37 bits per heavy atom. The molecule has 0 bridgehead atoms. The van der Waals surface area contributed by atoms with E-state index in [4.69, 9.17) is 35.7 Å². The van der Waals surface area contributed by atoms with Crippen molar-refractivity contribution in [1.82, 2.24) is 0 Å². The number of carbonyl (C=O) groups is 3. The number of aliphatic hydroxyl groups excluding tert-OH is 5. The van der Waals surface area contributed by atoms with Gasteiger partial charge in [-0.15, -0.1) is 0 Å². The standard InChI is InChI=1S/C6H12O6.C3H4O4/c7-1-3(9)5(11)6(12)4(10)2-8;4-2(5)1-3(6)7/h1,3-6,8-12H,2H2;1H2,(H,4,5)(H,6,7). The van der Waals surface area contributed by atoms with Crippen LogP contribution >= 0.6 is 0 Å². The van der Waals surface area contributed by atoms with Crippen molar-refractivity contribution in [2.45, 2.75) is 30.8 Å². The van der Waals surface area contributed by atoms with Gasteiger partial charge in [0, 0.05) is 0 Å². The molecule has 0 amide bonds. The number of carboxylic acid groups (broad SMARTS) is 2. The molecule has 0 saturated heterocycles. The van der Waals surface area contributed by atoms with E-state index in [9.17, 15) is 14.4 Å². The van der Waals surface area contributed by atoms with Crippen molar-refractivity contribution in [2.75, 3.05) is 6.61 Å². The molecule has 112 valence electrons. The second-order valence-corrected chi connectivity index (χ2v) is 3.32. The lowest BCUT2D eigenvalue weighted by Crippen LogP contribution is -2.46. The van der Waals surface area contributed by atoms with E-state index in [-0.39, 0.29) is 6.29 Å². The van der Waals surface area contributed by atoms with Gasteiger partial charge in [-0.05, 0) is 0 Å². The average Bonchev–Trinajstić information content (AvgIpc) is 2.34. The van der Waals surface area contributed by atoms with E-state index in [1.54, 1.807) is 0 Å². The SMILES string of the molecule is O=C(O)CC(=O)O.O=CC(O)C(O)C(O)C(O)CO. The van der Waals surface area contributed by atoms with Crippen LogP contribution in [-0.4, -0.2) is 85.0 Å². The third kappa shape index (κ3) is 10.1. The van der Waals surface area contributed by atoms with Crippen molar-refractivity contribution in [3.8, 4) is 0 Å². The van der Waals surface area contributed by atoms with E-state index in [0.717, 1.165) is 0 Å². The Morgan fingerprint density at radius 1 is 0.947 bits per heavy atom. The Morgan fingerprint density at radius 3 is 1.58 bits per heavy atom. The Kier molecular flexibility index (Phi) is 10.7. The molecule has 0 aliphatic carbocycles. The lowest BCUT2D eigenvalue weighted by atomic mass is 10.0. The van der Waals surface area contributed by atoms with Crippen LogP contribution in [0.3, 0.4) is 0 Å². The third-order valence-electron chi connectivity index (χ3n) is 1.72. The molecule has 0 aromatic rings. The number of aldehydes is 1. The van der Waals surface area contributed by atoms with Gasteiger partial charge in [0.25, 0.3) is 0 Å². The van der Waals surface area contributed by atoms with E-state index in [1.807, 2.05) is 0 Å². The molecule has 10 heteroatoms. The summed E-state index contributed by atoms with van der Waals surface area (Å²) in [6.07, 6.45) is -7.64. The van der Waals surface area contributed by atoms with E-state index in [0.29, 0.717) is 0 Å². The summed E-state index contributed by atoms with van der Waals surface area (Å²) in [7, 11) is 0. The number of aliphatic hydroxyl groups is 5. The molecule has 10 nitrogen and oxygen atoms in total. The molecular formula is C9H16O10. The molecule has 0 radical (unpaired) electrons. The van der Waals surface area contributed by atoms with Crippen molar-refractivity contribution in [3.05, 3.63) is 0 Å². The van der Waals surface area contributed by atoms with E-state index in [1.165, 1.54) is 0 Å². The fourth-order valence-electron chi connectivity index (χ4n) is 0.747. The topological polar surface area (TPSA) is 193 Å². The summed E-state index contributed by atoms with van der Waals surface area (Å²) in [6.45, 7) is -0.760. The highest BCUT2D eigenvalue weighted by Gasteiger charge is 2.29. The van der Waals surface area contributed by atoms with Crippen LogP contribution < -0.4 is 0 Å². The van der Waals surface area contributed by atoms with Crippen LogP contribution in [-0.2, 0) is 14.4 Å². The Hall–Kier alpha value is -1.59. The fourth-order valence-corrected chi connectivity index (χ4v) is 0.747. The van der Waals surface area contributed by atoms with Gasteiger partial charge < -0.3 is 40.5 Å². The van der Waals surface area contributed by atoms with Crippen molar-refractivity contribution < 1.29 is 50.1 Å². The molecule has 7 N–H and O–H groups in total. The zero-order chi connectivity index (χ0) is 15.6. The first-order valence-electron chi connectivity index (χ1n) is 4.89. The lowest BCUT2D eigenvalue weighted by Gasteiger charge is -2.22. The Labute approximate surface area is 107 Å². The van der Waals surface area contributed by atoms with Crippen LogP contribution in [0.4, 0.5) is 0 Å². The average molecular weight is 284 g/mol. The minimum absolute atomic E-state index is 0.0258. The highest BCUT2D eigenvalue weighted by Crippen LogP contribution is 2.02. The molecule has 0 fully saturated rings. The summed E-state index contributed by atoms with van der Waals surface area (Å²) in [5, 5.41) is 58.9. The van der Waals surface area contributed by atoms with Gasteiger partial charge in [-0.25, -0.2) is 0 Å². The zero-order valence-corrected chi connectivity index (χ0v) is 9.66. The maximum Gasteiger partial charge on any atom is 0.314 e.